The molecule has 3 aromatic rings. The van der Waals surface area contributed by atoms with Gasteiger partial charge in [-0.25, -0.2) is 8.42 Å². The van der Waals surface area contributed by atoms with E-state index < -0.39 is 20.6 Å². The van der Waals surface area contributed by atoms with Crippen molar-refractivity contribution in [3.05, 3.63) is 87.4 Å². The zero-order chi connectivity index (χ0) is 23.3. The molecule has 0 aliphatic carbocycles. The Kier molecular flexibility index (Phi) is 6.96. The molecule has 32 heavy (non-hydrogen) atoms. The topological polar surface area (TPSA) is 123 Å². The maximum atomic E-state index is 12.7. The number of halogens is 1. The van der Waals surface area contributed by atoms with Gasteiger partial charge < -0.3 is 4.74 Å². The van der Waals surface area contributed by atoms with Gasteiger partial charge in [-0.2, -0.15) is 5.10 Å². The highest BCUT2D eigenvalue weighted by Crippen LogP contribution is 2.29. The van der Waals surface area contributed by atoms with Gasteiger partial charge in [0.2, 0.25) is 0 Å². The van der Waals surface area contributed by atoms with Crippen molar-refractivity contribution < 1.29 is 18.1 Å². The molecule has 0 amide bonds. The van der Waals surface area contributed by atoms with Crippen LogP contribution in [0, 0.1) is 10.1 Å². The summed E-state index contributed by atoms with van der Waals surface area (Å²) >= 11 is 5.80. The Hall–Kier alpha value is -3.63. The Labute approximate surface area is 189 Å². The first kappa shape index (κ1) is 23.0. The van der Waals surface area contributed by atoms with E-state index in [9.17, 15) is 18.5 Å². The van der Waals surface area contributed by atoms with Gasteiger partial charge in [-0.1, -0.05) is 23.7 Å². The number of nitrogens with one attached hydrogen (secondary N) is 2. The number of nitro groups is 1. The molecule has 0 atom stereocenters. The highest BCUT2D eigenvalue weighted by molar-refractivity contribution is 7.92. The van der Waals surface area contributed by atoms with E-state index in [0.717, 1.165) is 11.6 Å². The highest BCUT2D eigenvalue weighted by atomic mass is 35.5. The normalized spacial score (nSPS) is 11.7. The number of ether oxygens (including phenoxy) is 1. The van der Waals surface area contributed by atoms with Gasteiger partial charge >= 0.3 is 0 Å². The molecule has 0 aliphatic rings. The minimum absolute atomic E-state index is 0.0442. The Morgan fingerprint density at radius 3 is 2.47 bits per heavy atom. The van der Waals surface area contributed by atoms with Crippen LogP contribution in [0.1, 0.15) is 12.5 Å². The van der Waals surface area contributed by atoms with Gasteiger partial charge in [0.05, 0.1) is 22.6 Å². The second kappa shape index (κ2) is 9.67. The molecule has 166 valence electrons. The summed E-state index contributed by atoms with van der Waals surface area (Å²) in [6, 6.07) is 16.7. The standard InChI is InChI=1S/C21H19ClN4O5S/c1-14(15-4-3-5-18(12-15)31-2)23-24-20-11-10-19(13-21(20)26(27)28)32(29,30)25-17-8-6-16(22)7-9-17/h3-13,24-25H,1-2H3/b23-14-. The molecule has 0 spiro atoms. The van der Waals surface area contributed by atoms with Crippen LogP contribution in [0.4, 0.5) is 17.1 Å². The van der Waals surface area contributed by atoms with Crippen LogP contribution in [0.3, 0.4) is 0 Å². The van der Waals surface area contributed by atoms with Crippen molar-refractivity contribution in [1.82, 2.24) is 0 Å². The average molecular weight is 475 g/mol. The summed E-state index contributed by atoms with van der Waals surface area (Å²) in [5.41, 5.74) is 3.83. The van der Waals surface area contributed by atoms with Crippen LogP contribution in [-0.2, 0) is 10.0 Å². The van der Waals surface area contributed by atoms with Gasteiger partial charge in [-0.15, -0.1) is 0 Å². The maximum absolute atomic E-state index is 12.7. The smallest absolute Gasteiger partial charge is 0.295 e. The van der Waals surface area contributed by atoms with Crippen molar-refractivity contribution in [2.45, 2.75) is 11.8 Å². The quantitative estimate of drug-likeness (QED) is 0.272. The van der Waals surface area contributed by atoms with Crippen LogP contribution in [0.5, 0.6) is 5.75 Å². The number of nitrogens with zero attached hydrogens (tertiary/aromatic N) is 2. The molecule has 0 unspecified atom stereocenters. The first-order valence-electron chi connectivity index (χ1n) is 9.21. The Bertz CT molecular complexity index is 1280. The van der Waals surface area contributed by atoms with Crippen molar-refractivity contribution in [3.8, 4) is 5.75 Å². The third kappa shape index (κ3) is 5.54. The monoisotopic (exact) mass is 474 g/mol. The second-order valence-corrected chi connectivity index (χ2v) is 8.71. The molecule has 0 saturated heterocycles. The van der Waals surface area contributed by atoms with Crippen LogP contribution < -0.4 is 14.9 Å². The average Bonchev–Trinajstić information content (AvgIpc) is 2.78. The van der Waals surface area contributed by atoms with Crippen molar-refractivity contribution in [1.29, 1.82) is 0 Å². The molecule has 2 N–H and O–H groups in total. The molecule has 0 radical (unpaired) electrons. The van der Waals surface area contributed by atoms with Crippen LogP contribution in [-0.4, -0.2) is 26.2 Å². The van der Waals surface area contributed by atoms with Gasteiger partial charge in [-0.05, 0) is 55.5 Å². The van der Waals surface area contributed by atoms with E-state index in [1.54, 1.807) is 32.2 Å². The maximum Gasteiger partial charge on any atom is 0.295 e. The fraction of sp³-hybridized carbons (Fsp3) is 0.0952. The van der Waals surface area contributed by atoms with Gasteiger partial charge in [0.15, 0.2) is 0 Å². The summed E-state index contributed by atoms with van der Waals surface area (Å²) in [4.78, 5) is 10.6. The Balaban J connectivity index is 1.87. The largest absolute Gasteiger partial charge is 0.497 e. The van der Waals surface area contributed by atoms with Gasteiger partial charge in [0, 0.05) is 22.3 Å². The zero-order valence-electron chi connectivity index (χ0n) is 17.1. The van der Waals surface area contributed by atoms with Crippen molar-refractivity contribution in [2.24, 2.45) is 5.10 Å². The molecule has 0 aliphatic heterocycles. The molecular weight excluding hydrogens is 456 g/mol. The second-order valence-electron chi connectivity index (χ2n) is 6.59. The molecule has 3 aromatic carbocycles. The van der Waals surface area contributed by atoms with E-state index >= 15 is 0 Å². The van der Waals surface area contributed by atoms with E-state index in [-0.39, 0.29) is 16.3 Å². The molecule has 0 saturated carbocycles. The summed E-state index contributed by atoms with van der Waals surface area (Å²) < 4.78 is 32.9. The van der Waals surface area contributed by atoms with E-state index in [2.05, 4.69) is 15.2 Å². The summed E-state index contributed by atoms with van der Waals surface area (Å²) in [6.45, 7) is 1.72. The number of benzene rings is 3. The zero-order valence-corrected chi connectivity index (χ0v) is 18.6. The molecule has 0 aromatic heterocycles. The molecule has 0 heterocycles. The number of hydrogen-bond acceptors (Lipinski definition) is 7. The summed E-state index contributed by atoms with van der Waals surface area (Å²) in [7, 11) is -2.51. The summed E-state index contributed by atoms with van der Waals surface area (Å²) in [5, 5.41) is 16.2. The number of methoxy groups -OCH3 is 1. The van der Waals surface area contributed by atoms with Crippen LogP contribution >= 0.6 is 11.6 Å². The van der Waals surface area contributed by atoms with Crippen molar-refractivity contribution in [2.75, 3.05) is 17.3 Å². The minimum atomic E-state index is -4.06. The lowest BCUT2D eigenvalue weighted by Gasteiger charge is -2.10. The molecule has 0 fully saturated rings. The van der Waals surface area contributed by atoms with Crippen LogP contribution in [0.15, 0.2) is 76.7 Å². The third-order valence-electron chi connectivity index (χ3n) is 4.40. The van der Waals surface area contributed by atoms with Crippen LogP contribution in [0.25, 0.3) is 0 Å². The SMILES string of the molecule is COc1cccc(/C(C)=N\Nc2ccc(S(=O)(=O)Nc3ccc(Cl)cc3)cc2[N+](=O)[O-])c1. The summed E-state index contributed by atoms with van der Waals surface area (Å²) in [5.74, 6) is 0.644. The fourth-order valence-electron chi connectivity index (χ4n) is 2.71. The molecule has 9 nitrogen and oxygen atoms in total. The number of nitro benzene ring substituents is 1. The van der Waals surface area contributed by atoms with E-state index in [0.29, 0.717) is 16.5 Å². The molecule has 11 heteroatoms. The van der Waals surface area contributed by atoms with E-state index in [4.69, 9.17) is 16.3 Å². The van der Waals surface area contributed by atoms with Crippen molar-refractivity contribution >= 4 is 44.4 Å². The lowest BCUT2D eigenvalue weighted by atomic mass is 10.1. The summed E-state index contributed by atoms with van der Waals surface area (Å²) in [6.07, 6.45) is 0. The lowest BCUT2D eigenvalue weighted by Crippen LogP contribution is -2.13. The molecule has 0 bridgehead atoms. The number of anilines is 2. The van der Waals surface area contributed by atoms with Crippen LogP contribution in [0.2, 0.25) is 5.02 Å². The highest BCUT2D eigenvalue weighted by Gasteiger charge is 2.21. The van der Waals surface area contributed by atoms with Gasteiger partial charge in [0.25, 0.3) is 15.7 Å². The van der Waals surface area contributed by atoms with Crippen molar-refractivity contribution in [3.63, 3.8) is 0 Å². The predicted molar refractivity (Wildman–Crippen MR) is 124 cm³/mol. The number of hydrazone groups is 1. The number of hydrogen-bond donors (Lipinski definition) is 2. The molecular formula is C21H19ClN4O5S. The molecule has 3 rings (SSSR count). The van der Waals surface area contributed by atoms with Gasteiger partial charge in [-0.3, -0.25) is 20.3 Å². The first-order valence-corrected chi connectivity index (χ1v) is 11.1. The first-order chi connectivity index (χ1) is 15.2. The number of sulfonamides is 1. The lowest BCUT2D eigenvalue weighted by molar-refractivity contribution is -0.384. The Morgan fingerprint density at radius 1 is 1.09 bits per heavy atom. The fourth-order valence-corrected chi connectivity index (χ4v) is 3.92. The van der Waals surface area contributed by atoms with E-state index in [1.165, 1.54) is 36.4 Å². The predicted octanol–water partition coefficient (Wildman–Crippen LogP) is 4.89. The third-order valence-corrected chi connectivity index (χ3v) is 6.04. The van der Waals surface area contributed by atoms with E-state index in [1.807, 2.05) is 6.07 Å². The Morgan fingerprint density at radius 2 is 1.81 bits per heavy atom. The van der Waals surface area contributed by atoms with Gasteiger partial charge in [0.1, 0.15) is 11.4 Å². The minimum Gasteiger partial charge on any atom is -0.497 e. The number of rotatable bonds is 8.